The SMILES string of the molecule is c1ccc(COC2COC3C(Nc4nccc(-c5ccccc5)n4)COC23)cc1. The normalized spacial score (nSPS) is 25.7. The number of nitrogens with zero attached hydrogens (tertiary/aromatic N) is 2. The smallest absolute Gasteiger partial charge is 0.223 e. The monoisotopic (exact) mass is 389 g/mol. The molecule has 3 heterocycles. The van der Waals surface area contributed by atoms with E-state index in [9.17, 15) is 0 Å². The minimum atomic E-state index is -0.0754. The second-order valence-corrected chi connectivity index (χ2v) is 7.31. The number of benzene rings is 2. The van der Waals surface area contributed by atoms with E-state index in [0.717, 1.165) is 16.8 Å². The Bertz CT molecular complexity index is 938. The third kappa shape index (κ3) is 4.00. The third-order valence-electron chi connectivity index (χ3n) is 5.35. The number of rotatable bonds is 6. The molecule has 0 spiro atoms. The molecular weight excluding hydrogens is 366 g/mol. The van der Waals surface area contributed by atoms with Gasteiger partial charge in [0.05, 0.1) is 31.6 Å². The van der Waals surface area contributed by atoms with Gasteiger partial charge in [-0.1, -0.05) is 60.7 Å². The van der Waals surface area contributed by atoms with Gasteiger partial charge in [-0.15, -0.1) is 0 Å². The van der Waals surface area contributed by atoms with E-state index in [2.05, 4.69) is 27.4 Å². The molecule has 4 unspecified atom stereocenters. The predicted molar refractivity (Wildman–Crippen MR) is 109 cm³/mol. The van der Waals surface area contributed by atoms with E-state index < -0.39 is 0 Å². The summed E-state index contributed by atoms with van der Waals surface area (Å²) >= 11 is 0. The van der Waals surface area contributed by atoms with Crippen molar-refractivity contribution in [3.8, 4) is 11.3 Å². The molecule has 3 aromatic rings. The van der Waals surface area contributed by atoms with Gasteiger partial charge in [0.1, 0.15) is 18.3 Å². The molecule has 0 radical (unpaired) electrons. The van der Waals surface area contributed by atoms with Gasteiger partial charge in [0.15, 0.2) is 0 Å². The average molecular weight is 389 g/mol. The van der Waals surface area contributed by atoms with Gasteiger partial charge in [-0.3, -0.25) is 0 Å². The number of nitrogens with one attached hydrogen (secondary N) is 1. The molecule has 0 saturated carbocycles. The van der Waals surface area contributed by atoms with Crippen molar-refractivity contribution in [2.75, 3.05) is 18.5 Å². The van der Waals surface area contributed by atoms with Crippen LogP contribution in [0.5, 0.6) is 0 Å². The van der Waals surface area contributed by atoms with Gasteiger partial charge >= 0.3 is 0 Å². The summed E-state index contributed by atoms with van der Waals surface area (Å²) in [6.45, 7) is 1.63. The van der Waals surface area contributed by atoms with Gasteiger partial charge in [0, 0.05) is 11.8 Å². The minimum Gasteiger partial charge on any atom is -0.370 e. The van der Waals surface area contributed by atoms with Gasteiger partial charge in [0.2, 0.25) is 5.95 Å². The third-order valence-corrected chi connectivity index (χ3v) is 5.35. The predicted octanol–water partition coefficient (Wildman–Crippen LogP) is 3.31. The van der Waals surface area contributed by atoms with E-state index in [1.165, 1.54) is 0 Å². The van der Waals surface area contributed by atoms with Crippen LogP contribution in [0.4, 0.5) is 5.95 Å². The molecule has 2 aliphatic rings. The maximum atomic E-state index is 6.07. The number of anilines is 1. The highest BCUT2D eigenvalue weighted by Crippen LogP contribution is 2.31. The van der Waals surface area contributed by atoms with E-state index in [-0.39, 0.29) is 24.4 Å². The van der Waals surface area contributed by atoms with Crippen LogP contribution in [0, 0.1) is 0 Å². The van der Waals surface area contributed by atoms with Gasteiger partial charge in [0.25, 0.3) is 0 Å². The second-order valence-electron chi connectivity index (χ2n) is 7.31. The van der Waals surface area contributed by atoms with E-state index in [0.29, 0.717) is 25.8 Å². The van der Waals surface area contributed by atoms with Crippen molar-refractivity contribution in [3.63, 3.8) is 0 Å². The molecule has 2 aliphatic heterocycles. The van der Waals surface area contributed by atoms with Crippen LogP contribution in [-0.4, -0.2) is 47.5 Å². The summed E-state index contributed by atoms with van der Waals surface area (Å²) in [5.74, 6) is 0.581. The maximum Gasteiger partial charge on any atom is 0.223 e. The Balaban J connectivity index is 1.22. The summed E-state index contributed by atoms with van der Waals surface area (Å²) in [6, 6.07) is 22.1. The molecule has 0 bridgehead atoms. The van der Waals surface area contributed by atoms with Crippen LogP contribution in [-0.2, 0) is 20.8 Å². The Labute approximate surface area is 169 Å². The molecule has 0 amide bonds. The highest BCUT2D eigenvalue weighted by Gasteiger charge is 2.48. The number of fused-ring (bicyclic) bond motifs is 1. The molecule has 2 saturated heterocycles. The zero-order valence-corrected chi connectivity index (χ0v) is 16.0. The second kappa shape index (κ2) is 8.29. The van der Waals surface area contributed by atoms with Gasteiger partial charge in [-0.05, 0) is 11.6 Å². The Morgan fingerprint density at radius 3 is 2.48 bits per heavy atom. The first-order chi connectivity index (χ1) is 14.4. The van der Waals surface area contributed by atoms with Gasteiger partial charge < -0.3 is 19.5 Å². The summed E-state index contributed by atoms with van der Waals surface area (Å²) in [4.78, 5) is 9.02. The van der Waals surface area contributed by atoms with Crippen molar-refractivity contribution in [1.82, 2.24) is 9.97 Å². The van der Waals surface area contributed by atoms with Crippen molar-refractivity contribution in [2.24, 2.45) is 0 Å². The molecule has 5 rings (SSSR count). The van der Waals surface area contributed by atoms with Crippen LogP contribution in [0.2, 0.25) is 0 Å². The van der Waals surface area contributed by atoms with E-state index in [1.807, 2.05) is 54.6 Å². The largest absolute Gasteiger partial charge is 0.370 e. The van der Waals surface area contributed by atoms with Crippen LogP contribution >= 0.6 is 0 Å². The average Bonchev–Trinajstić information content (AvgIpc) is 3.37. The molecule has 29 heavy (non-hydrogen) atoms. The molecule has 1 N–H and O–H groups in total. The molecular formula is C23H23N3O3. The quantitative estimate of drug-likeness (QED) is 0.698. The summed E-state index contributed by atoms with van der Waals surface area (Å²) < 4.78 is 18.1. The fourth-order valence-corrected chi connectivity index (χ4v) is 3.87. The zero-order valence-electron chi connectivity index (χ0n) is 16.0. The van der Waals surface area contributed by atoms with E-state index in [4.69, 9.17) is 14.2 Å². The number of ether oxygens (including phenoxy) is 3. The van der Waals surface area contributed by atoms with Gasteiger partial charge in [-0.2, -0.15) is 0 Å². The zero-order chi connectivity index (χ0) is 19.5. The van der Waals surface area contributed by atoms with Crippen molar-refractivity contribution >= 4 is 5.95 Å². The van der Waals surface area contributed by atoms with Crippen LogP contribution in [0.1, 0.15) is 5.56 Å². The first kappa shape index (κ1) is 18.2. The first-order valence-electron chi connectivity index (χ1n) is 9.90. The topological polar surface area (TPSA) is 65.5 Å². The lowest BCUT2D eigenvalue weighted by atomic mass is 10.1. The standard InChI is InChI=1S/C23H23N3O3/c1-3-7-16(8-4-1)13-27-20-15-29-21-19(14-28-22(20)21)26-23-24-12-11-18(25-23)17-9-5-2-6-10-17/h1-12,19-22H,13-15H2,(H,24,25,26). The van der Waals surface area contributed by atoms with Crippen molar-refractivity contribution in [2.45, 2.75) is 31.0 Å². The molecule has 0 aliphatic carbocycles. The van der Waals surface area contributed by atoms with Crippen molar-refractivity contribution in [1.29, 1.82) is 0 Å². The van der Waals surface area contributed by atoms with Crippen LogP contribution in [0.15, 0.2) is 72.9 Å². The first-order valence-corrected chi connectivity index (χ1v) is 9.90. The molecule has 2 aromatic carbocycles. The molecule has 4 atom stereocenters. The van der Waals surface area contributed by atoms with Crippen molar-refractivity contribution < 1.29 is 14.2 Å². The number of hydrogen-bond donors (Lipinski definition) is 1. The fourth-order valence-electron chi connectivity index (χ4n) is 3.87. The van der Waals surface area contributed by atoms with Crippen LogP contribution < -0.4 is 5.32 Å². The summed E-state index contributed by atoms with van der Waals surface area (Å²) in [5, 5.41) is 3.39. The Morgan fingerprint density at radius 1 is 0.897 bits per heavy atom. The number of aromatic nitrogens is 2. The highest BCUT2D eigenvalue weighted by atomic mass is 16.6. The minimum absolute atomic E-state index is 0.00338. The Hall–Kier alpha value is -2.80. The molecule has 6 heteroatoms. The lowest BCUT2D eigenvalue weighted by Crippen LogP contribution is -2.37. The lowest BCUT2D eigenvalue weighted by Gasteiger charge is -2.18. The molecule has 6 nitrogen and oxygen atoms in total. The van der Waals surface area contributed by atoms with Gasteiger partial charge in [-0.25, -0.2) is 9.97 Å². The maximum absolute atomic E-state index is 6.07. The fraction of sp³-hybridized carbons (Fsp3) is 0.304. The summed E-state index contributed by atoms with van der Waals surface area (Å²) in [6.07, 6.45) is 1.56. The van der Waals surface area contributed by atoms with Crippen LogP contribution in [0.25, 0.3) is 11.3 Å². The summed E-state index contributed by atoms with van der Waals surface area (Å²) in [7, 11) is 0. The molecule has 2 fully saturated rings. The highest BCUT2D eigenvalue weighted by molar-refractivity contribution is 5.59. The van der Waals surface area contributed by atoms with Crippen LogP contribution in [0.3, 0.4) is 0 Å². The lowest BCUT2D eigenvalue weighted by molar-refractivity contribution is -0.0388. The Morgan fingerprint density at radius 2 is 1.66 bits per heavy atom. The number of hydrogen-bond acceptors (Lipinski definition) is 6. The summed E-state index contributed by atoms with van der Waals surface area (Å²) in [5.41, 5.74) is 3.09. The van der Waals surface area contributed by atoms with E-state index in [1.54, 1.807) is 6.20 Å². The van der Waals surface area contributed by atoms with E-state index >= 15 is 0 Å². The van der Waals surface area contributed by atoms with Crippen molar-refractivity contribution in [3.05, 3.63) is 78.5 Å². The Kier molecular flexibility index (Phi) is 5.21. The molecule has 148 valence electrons. The molecule has 1 aromatic heterocycles.